The number of phenolic OH excluding ortho intramolecular Hbond substituents is 1. The lowest BCUT2D eigenvalue weighted by atomic mass is 10.2. The molecule has 0 bridgehead atoms. The van der Waals surface area contributed by atoms with Gasteiger partial charge in [-0.25, -0.2) is 0 Å². The van der Waals surface area contributed by atoms with Gasteiger partial charge in [-0.1, -0.05) is 11.8 Å². The van der Waals surface area contributed by atoms with Gasteiger partial charge in [0, 0.05) is 0 Å². The van der Waals surface area contributed by atoms with Crippen molar-refractivity contribution in [3.8, 4) is 11.5 Å². The van der Waals surface area contributed by atoms with Crippen molar-refractivity contribution in [2.24, 2.45) is 5.10 Å². The van der Waals surface area contributed by atoms with Gasteiger partial charge in [-0.15, -0.1) is 10.2 Å². The minimum atomic E-state index is -0.323. The maximum absolute atomic E-state index is 12.0. The van der Waals surface area contributed by atoms with Gasteiger partial charge in [-0.3, -0.25) is 4.79 Å². The van der Waals surface area contributed by atoms with Crippen LogP contribution in [-0.4, -0.2) is 39.6 Å². The molecule has 0 amide bonds. The van der Waals surface area contributed by atoms with Gasteiger partial charge < -0.3 is 9.84 Å². The smallest absolute Gasteiger partial charge is 0.296 e. The minimum Gasteiger partial charge on any atom is -0.504 e. The van der Waals surface area contributed by atoms with Gasteiger partial charge in [0.1, 0.15) is 5.69 Å². The van der Waals surface area contributed by atoms with Crippen LogP contribution in [0.1, 0.15) is 11.3 Å². The van der Waals surface area contributed by atoms with E-state index in [0.717, 1.165) is 0 Å². The molecule has 1 aromatic heterocycles. The molecule has 1 N–H and O–H groups in total. The molecule has 0 atom stereocenters. The first-order valence-corrected chi connectivity index (χ1v) is 7.21. The molecule has 110 valence electrons. The summed E-state index contributed by atoms with van der Waals surface area (Å²) in [5.74, 6) is 0.374. The highest BCUT2D eigenvalue weighted by molar-refractivity contribution is 7.98. The summed E-state index contributed by atoms with van der Waals surface area (Å²) in [6, 6.07) is 4.77. The number of nitrogens with zero attached hydrogens (tertiary/aromatic N) is 4. The SMILES string of the molecule is COc1cc(/C=N/n2c(SC)nnc(C)c2=O)ccc1O. The molecular weight excluding hydrogens is 292 g/mol. The summed E-state index contributed by atoms with van der Waals surface area (Å²) in [5.41, 5.74) is 0.627. The second-order valence-electron chi connectivity index (χ2n) is 4.06. The number of aromatic hydroxyl groups is 1. The number of hydrogen-bond donors (Lipinski definition) is 1. The molecule has 1 aromatic carbocycles. The Morgan fingerprint density at radius 2 is 2.19 bits per heavy atom. The van der Waals surface area contributed by atoms with Crippen LogP contribution < -0.4 is 10.3 Å². The first kappa shape index (κ1) is 15.0. The van der Waals surface area contributed by atoms with Crippen LogP contribution in [0.5, 0.6) is 11.5 Å². The van der Waals surface area contributed by atoms with Crippen molar-refractivity contribution in [1.29, 1.82) is 0 Å². The molecular formula is C13H14N4O3S. The van der Waals surface area contributed by atoms with Crippen molar-refractivity contribution in [3.63, 3.8) is 0 Å². The highest BCUT2D eigenvalue weighted by Gasteiger charge is 2.07. The number of aryl methyl sites for hydroxylation is 1. The third-order valence-electron chi connectivity index (χ3n) is 2.68. The Morgan fingerprint density at radius 3 is 2.86 bits per heavy atom. The highest BCUT2D eigenvalue weighted by atomic mass is 32.2. The third-order valence-corrected chi connectivity index (χ3v) is 3.30. The molecule has 2 aromatic rings. The molecule has 0 saturated carbocycles. The number of phenols is 1. The van der Waals surface area contributed by atoms with E-state index in [-0.39, 0.29) is 17.0 Å². The number of benzene rings is 1. The topological polar surface area (TPSA) is 89.6 Å². The lowest BCUT2D eigenvalue weighted by molar-refractivity contribution is 0.373. The number of aromatic nitrogens is 3. The average molecular weight is 306 g/mol. The van der Waals surface area contributed by atoms with Gasteiger partial charge >= 0.3 is 0 Å². The minimum absolute atomic E-state index is 0.0399. The molecule has 8 heteroatoms. The zero-order valence-corrected chi connectivity index (χ0v) is 12.6. The Kier molecular flexibility index (Phi) is 4.59. The number of ether oxygens (including phenoxy) is 1. The zero-order valence-electron chi connectivity index (χ0n) is 11.8. The summed E-state index contributed by atoms with van der Waals surface area (Å²) in [6.45, 7) is 1.58. The van der Waals surface area contributed by atoms with Crippen molar-refractivity contribution >= 4 is 18.0 Å². The Balaban J connectivity index is 2.42. The summed E-state index contributed by atoms with van der Waals surface area (Å²) < 4.78 is 6.21. The molecule has 0 aliphatic carbocycles. The lowest BCUT2D eigenvalue weighted by Crippen LogP contribution is -2.23. The van der Waals surface area contributed by atoms with E-state index < -0.39 is 0 Å². The van der Waals surface area contributed by atoms with Crippen LogP contribution >= 0.6 is 11.8 Å². The van der Waals surface area contributed by atoms with Crippen LogP contribution in [-0.2, 0) is 0 Å². The largest absolute Gasteiger partial charge is 0.504 e. The van der Waals surface area contributed by atoms with Crippen LogP contribution in [0.15, 0.2) is 33.3 Å². The molecule has 21 heavy (non-hydrogen) atoms. The van der Waals surface area contributed by atoms with Gasteiger partial charge in [-0.2, -0.15) is 9.78 Å². The molecule has 0 aliphatic heterocycles. The number of methoxy groups -OCH3 is 1. The standard InChI is InChI=1S/C13H14N4O3S/c1-8-12(19)17(13(21-3)16-15-8)14-7-9-4-5-10(18)11(6-9)20-2/h4-7,18H,1-3H3/b14-7+. The van der Waals surface area contributed by atoms with E-state index in [4.69, 9.17) is 4.74 Å². The summed E-state index contributed by atoms with van der Waals surface area (Å²) in [6.07, 6.45) is 3.28. The van der Waals surface area contributed by atoms with Crippen molar-refractivity contribution in [3.05, 3.63) is 39.8 Å². The summed E-state index contributed by atoms with van der Waals surface area (Å²) in [5, 5.41) is 21.8. The third kappa shape index (κ3) is 3.22. The monoisotopic (exact) mass is 306 g/mol. The van der Waals surface area contributed by atoms with Gasteiger partial charge in [0.2, 0.25) is 5.16 Å². The molecule has 0 unspecified atom stereocenters. The van der Waals surface area contributed by atoms with E-state index in [1.54, 1.807) is 25.3 Å². The fraction of sp³-hybridized carbons (Fsp3) is 0.231. The van der Waals surface area contributed by atoms with Crippen LogP contribution in [0.4, 0.5) is 0 Å². The Bertz CT molecular complexity index is 743. The van der Waals surface area contributed by atoms with Crippen LogP contribution in [0.3, 0.4) is 0 Å². The van der Waals surface area contributed by atoms with Gasteiger partial charge in [0.15, 0.2) is 11.5 Å². The van der Waals surface area contributed by atoms with Crippen molar-refractivity contribution in [1.82, 2.24) is 14.9 Å². The zero-order chi connectivity index (χ0) is 15.4. The second kappa shape index (κ2) is 6.40. The van der Waals surface area contributed by atoms with Crippen molar-refractivity contribution in [2.75, 3.05) is 13.4 Å². The molecule has 0 fully saturated rings. The van der Waals surface area contributed by atoms with Crippen molar-refractivity contribution in [2.45, 2.75) is 12.1 Å². The van der Waals surface area contributed by atoms with E-state index in [9.17, 15) is 9.90 Å². The normalized spacial score (nSPS) is 11.0. The highest BCUT2D eigenvalue weighted by Crippen LogP contribution is 2.25. The molecule has 0 spiro atoms. The van der Waals surface area contributed by atoms with E-state index >= 15 is 0 Å². The predicted molar refractivity (Wildman–Crippen MR) is 80.5 cm³/mol. The van der Waals surface area contributed by atoms with Crippen LogP contribution in [0, 0.1) is 6.92 Å². The first-order valence-electron chi connectivity index (χ1n) is 5.98. The van der Waals surface area contributed by atoms with E-state index in [2.05, 4.69) is 15.3 Å². The fourth-order valence-corrected chi connectivity index (χ4v) is 2.00. The Labute approximate surface area is 125 Å². The molecule has 0 saturated heterocycles. The van der Waals surface area contributed by atoms with E-state index in [1.165, 1.54) is 35.8 Å². The summed E-state index contributed by atoms with van der Waals surface area (Å²) >= 11 is 1.27. The average Bonchev–Trinajstić information content (AvgIpc) is 2.50. The number of thioether (sulfide) groups is 1. The van der Waals surface area contributed by atoms with Gasteiger partial charge in [0.25, 0.3) is 5.56 Å². The first-order chi connectivity index (χ1) is 10.1. The lowest BCUT2D eigenvalue weighted by Gasteiger charge is -2.05. The van der Waals surface area contributed by atoms with E-state index in [1.807, 2.05) is 0 Å². The fourth-order valence-electron chi connectivity index (χ4n) is 1.57. The maximum Gasteiger partial charge on any atom is 0.296 e. The van der Waals surface area contributed by atoms with Crippen molar-refractivity contribution < 1.29 is 9.84 Å². The van der Waals surface area contributed by atoms with E-state index in [0.29, 0.717) is 16.5 Å². The van der Waals surface area contributed by atoms with Gasteiger partial charge in [0.05, 0.1) is 13.3 Å². The number of rotatable bonds is 4. The maximum atomic E-state index is 12.0. The van der Waals surface area contributed by atoms with Crippen LogP contribution in [0.25, 0.3) is 0 Å². The Morgan fingerprint density at radius 1 is 1.43 bits per heavy atom. The molecule has 7 nitrogen and oxygen atoms in total. The molecule has 0 aliphatic rings. The Hall–Kier alpha value is -2.35. The summed E-state index contributed by atoms with van der Waals surface area (Å²) in [4.78, 5) is 12.0. The predicted octanol–water partition coefficient (Wildman–Crippen LogP) is 1.27. The quantitative estimate of drug-likeness (QED) is 0.676. The number of hydrogen-bond acceptors (Lipinski definition) is 7. The second-order valence-corrected chi connectivity index (χ2v) is 4.84. The molecule has 2 rings (SSSR count). The molecule has 0 radical (unpaired) electrons. The van der Waals surface area contributed by atoms with Crippen LogP contribution in [0.2, 0.25) is 0 Å². The summed E-state index contributed by atoms with van der Waals surface area (Å²) in [7, 11) is 1.46. The van der Waals surface area contributed by atoms with Gasteiger partial charge in [-0.05, 0) is 36.9 Å². The molecule has 1 heterocycles.